The highest BCUT2D eigenvalue weighted by Gasteiger charge is 2.04. The van der Waals surface area contributed by atoms with E-state index in [4.69, 9.17) is 16.7 Å². The minimum Gasteiger partial charge on any atom is -0.395 e. The maximum absolute atomic E-state index is 8.83. The fourth-order valence-corrected chi connectivity index (χ4v) is 1.85. The van der Waals surface area contributed by atoms with Gasteiger partial charge in [-0.2, -0.15) is 0 Å². The molecule has 14 heavy (non-hydrogen) atoms. The average Bonchev–Trinajstić information content (AvgIpc) is 2.12. The Morgan fingerprint density at radius 3 is 2.86 bits per heavy atom. The van der Waals surface area contributed by atoms with Gasteiger partial charge in [0.1, 0.15) is 11.0 Å². The lowest BCUT2D eigenvalue weighted by atomic mass is 10.4. The lowest BCUT2D eigenvalue weighted by Gasteiger charge is -2.06. The Kier molecular flexibility index (Phi) is 4.65. The van der Waals surface area contributed by atoms with E-state index in [1.165, 1.54) is 0 Å². The van der Waals surface area contributed by atoms with Gasteiger partial charge >= 0.3 is 0 Å². The molecule has 0 amide bonds. The molecule has 1 heterocycles. The summed E-state index contributed by atoms with van der Waals surface area (Å²) in [7, 11) is 0. The van der Waals surface area contributed by atoms with E-state index in [0.29, 0.717) is 10.9 Å². The zero-order valence-electron chi connectivity index (χ0n) is 8.20. The van der Waals surface area contributed by atoms with Crippen molar-refractivity contribution in [2.45, 2.75) is 24.9 Å². The van der Waals surface area contributed by atoms with Gasteiger partial charge in [0, 0.05) is 10.9 Å². The number of aryl methyl sites for hydroxylation is 1. The first-order valence-corrected chi connectivity index (χ1v) is 5.77. The quantitative estimate of drug-likeness (QED) is 0.808. The van der Waals surface area contributed by atoms with Crippen molar-refractivity contribution in [3.8, 4) is 0 Å². The Hall–Kier alpha value is -0.320. The molecule has 3 nitrogen and oxygen atoms in total. The third-order valence-corrected chi connectivity index (χ3v) is 2.96. The molecule has 0 radical (unpaired) electrons. The van der Waals surface area contributed by atoms with Crippen molar-refractivity contribution in [1.82, 2.24) is 9.97 Å². The smallest absolute Gasteiger partial charge is 0.140 e. The van der Waals surface area contributed by atoms with Crippen molar-refractivity contribution < 1.29 is 5.11 Å². The third kappa shape index (κ3) is 3.82. The zero-order valence-corrected chi connectivity index (χ0v) is 9.77. The molecule has 78 valence electrons. The highest BCUT2D eigenvalue weighted by molar-refractivity contribution is 7.99. The van der Waals surface area contributed by atoms with Gasteiger partial charge in [-0.05, 0) is 13.0 Å². The molecule has 1 unspecified atom stereocenters. The van der Waals surface area contributed by atoms with Crippen LogP contribution in [0.1, 0.15) is 18.4 Å². The van der Waals surface area contributed by atoms with Crippen molar-refractivity contribution in [2.24, 2.45) is 0 Å². The summed E-state index contributed by atoms with van der Waals surface area (Å²) in [5, 5.41) is 9.52. The number of aromatic nitrogens is 2. The van der Waals surface area contributed by atoms with Crippen LogP contribution in [0.15, 0.2) is 6.07 Å². The van der Waals surface area contributed by atoms with Crippen LogP contribution in [0, 0.1) is 6.92 Å². The van der Waals surface area contributed by atoms with E-state index in [2.05, 4.69) is 9.97 Å². The number of hydrogen-bond acceptors (Lipinski definition) is 4. The molecule has 1 aromatic rings. The van der Waals surface area contributed by atoms with E-state index in [0.717, 1.165) is 11.5 Å². The maximum Gasteiger partial charge on any atom is 0.140 e. The van der Waals surface area contributed by atoms with Crippen molar-refractivity contribution in [3.63, 3.8) is 0 Å². The van der Waals surface area contributed by atoms with Crippen molar-refractivity contribution in [1.29, 1.82) is 0 Å². The molecule has 0 aliphatic carbocycles. The average molecular weight is 233 g/mol. The molecule has 1 N–H and O–H groups in total. The van der Waals surface area contributed by atoms with Crippen molar-refractivity contribution in [3.05, 3.63) is 22.7 Å². The van der Waals surface area contributed by atoms with Crippen LogP contribution < -0.4 is 0 Å². The van der Waals surface area contributed by atoms with Gasteiger partial charge in [0.05, 0.1) is 12.4 Å². The predicted octanol–water partition coefficient (Wildman–Crippen LogP) is 2.05. The van der Waals surface area contributed by atoms with Gasteiger partial charge in [0.2, 0.25) is 0 Å². The number of thioether (sulfide) groups is 1. The normalized spacial score (nSPS) is 12.9. The first kappa shape index (κ1) is 11.8. The van der Waals surface area contributed by atoms with Gasteiger partial charge < -0.3 is 5.11 Å². The molecule has 0 bridgehead atoms. The molecular formula is C9H13ClN2OS. The van der Waals surface area contributed by atoms with Crippen LogP contribution in [-0.2, 0) is 5.75 Å². The monoisotopic (exact) mass is 232 g/mol. The summed E-state index contributed by atoms with van der Waals surface area (Å²) in [6.45, 7) is 4.02. The molecule has 1 rings (SSSR count). The van der Waals surface area contributed by atoms with Crippen LogP contribution in [-0.4, -0.2) is 26.9 Å². The number of hydrogen-bond donors (Lipinski definition) is 1. The standard InChI is InChI=1S/C9H13ClN2OS/c1-6-3-8(10)12-9(11-6)5-14-7(2)4-13/h3,7,13H,4-5H2,1-2H3. The number of halogens is 1. The number of aliphatic hydroxyl groups excluding tert-OH is 1. The summed E-state index contributed by atoms with van der Waals surface area (Å²) >= 11 is 7.40. The molecule has 0 aliphatic heterocycles. The van der Waals surface area contributed by atoms with E-state index in [1.54, 1.807) is 17.8 Å². The Morgan fingerprint density at radius 1 is 1.57 bits per heavy atom. The lowest BCUT2D eigenvalue weighted by Crippen LogP contribution is -2.04. The highest BCUT2D eigenvalue weighted by Crippen LogP contribution is 2.16. The molecule has 0 saturated carbocycles. The molecule has 0 saturated heterocycles. The zero-order chi connectivity index (χ0) is 10.6. The van der Waals surface area contributed by atoms with Crippen LogP contribution in [0.3, 0.4) is 0 Å². The van der Waals surface area contributed by atoms with E-state index in [-0.39, 0.29) is 11.9 Å². The molecular weight excluding hydrogens is 220 g/mol. The predicted molar refractivity (Wildman–Crippen MR) is 59.6 cm³/mol. The summed E-state index contributed by atoms with van der Waals surface area (Å²) in [5.74, 6) is 1.41. The van der Waals surface area contributed by atoms with Gasteiger partial charge in [0.15, 0.2) is 0 Å². The van der Waals surface area contributed by atoms with Crippen molar-refractivity contribution in [2.75, 3.05) is 6.61 Å². The molecule has 0 fully saturated rings. The Morgan fingerprint density at radius 2 is 2.29 bits per heavy atom. The summed E-state index contributed by atoms with van der Waals surface area (Å²) in [5.41, 5.74) is 0.872. The second kappa shape index (κ2) is 5.53. The fraction of sp³-hybridized carbons (Fsp3) is 0.556. The Labute approximate surface area is 92.9 Å². The number of nitrogens with zero attached hydrogens (tertiary/aromatic N) is 2. The van der Waals surface area contributed by atoms with Gasteiger partial charge in [-0.1, -0.05) is 18.5 Å². The minimum absolute atomic E-state index is 0.171. The summed E-state index contributed by atoms with van der Waals surface area (Å²) in [6.07, 6.45) is 0. The van der Waals surface area contributed by atoms with Gasteiger partial charge in [0.25, 0.3) is 0 Å². The van der Waals surface area contributed by atoms with Gasteiger partial charge in [-0.3, -0.25) is 0 Å². The first-order valence-electron chi connectivity index (χ1n) is 4.34. The summed E-state index contributed by atoms with van der Waals surface area (Å²) in [6, 6.07) is 1.73. The molecule has 0 spiro atoms. The number of aliphatic hydroxyl groups is 1. The summed E-state index contributed by atoms with van der Waals surface area (Å²) < 4.78 is 0. The van der Waals surface area contributed by atoms with Crippen LogP contribution >= 0.6 is 23.4 Å². The van der Waals surface area contributed by atoms with Gasteiger partial charge in [-0.15, -0.1) is 11.8 Å². The molecule has 0 aliphatic rings. The van der Waals surface area contributed by atoms with Gasteiger partial charge in [-0.25, -0.2) is 9.97 Å². The van der Waals surface area contributed by atoms with Crippen LogP contribution in [0.4, 0.5) is 0 Å². The van der Waals surface area contributed by atoms with Crippen LogP contribution in [0.25, 0.3) is 0 Å². The van der Waals surface area contributed by atoms with Crippen molar-refractivity contribution >= 4 is 23.4 Å². The second-order valence-electron chi connectivity index (χ2n) is 3.05. The van der Waals surface area contributed by atoms with E-state index >= 15 is 0 Å². The summed E-state index contributed by atoms with van der Waals surface area (Å²) in [4.78, 5) is 8.33. The fourth-order valence-electron chi connectivity index (χ4n) is 0.923. The topological polar surface area (TPSA) is 46.0 Å². The molecule has 1 atom stereocenters. The van der Waals surface area contributed by atoms with E-state index < -0.39 is 0 Å². The minimum atomic E-state index is 0.171. The maximum atomic E-state index is 8.83. The lowest BCUT2D eigenvalue weighted by molar-refractivity contribution is 0.300. The third-order valence-electron chi connectivity index (χ3n) is 1.62. The SMILES string of the molecule is Cc1cc(Cl)nc(CSC(C)CO)n1. The molecule has 5 heteroatoms. The van der Waals surface area contributed by atoms with Crippen LogP contribution in [0.2, 0.25) is 5.15 Å². The number of rotatable bonds is 4. The highest BCUT2D eigenvalue weighted by atomic mass is 35.5. The van der Waals surface area contributed by atoms with E-state index in [1.807, 2.05) is 13.8 Å². The second-order valence-corrected chi connectivity index (χ2v) is 4.87. The molecule has 0 aromatic carbocycles. The van der Waals surface area contributed by atoms with Crippen LogP contribution in [0.5, 0.6) is 0 Å². The first-order chi connectivity index (χ1) is 6.61. The largest absolute Gasteiger partial charge is 0.395 e. The van der Waals surface area contributed by atoms with E-state index in [9.17, 15) is 0 Å². The Balaban J connectivity index is 2.58. The Bertz CT molecular complexity index is 289. The molecule has 1 aromatic heterocycles.